The summed E-state index contributed by atoms with van der Waals surface area (Å²) in [6, 6.07) is 10.6. The van der Waals surface area contributed by atoms with Gasteiger partial charge in [-0.1, -0.05) is 28.1 Å². The van der Waals surface area contributed by atoms with Gasteiger partial charge in [0.15, 0.2) is 0 Å². The molecule has 6 heteroatoms. The van der Waals surface area contributed by atoms with Crippen molar-refractivity contribution < 1.29 is 14.3 Å². The van der Waals surface area contributed by atoms with Gasteiger partial charge in [-0.15, -0.1) is 0 Å². The molecule has 1 aliphatic carbocycles. The minimum absolute atomic E-state index is 0.280. The van der Waals surface area contributed by atoms with Gasteiger partial charge >= 0.3 is 5.97 Å². The van der Waals surface area contributed by atoms with Crippen molar-refractivity contribution in [1.29, 1.82) is 0 Å². The number of hydrogen-bond donors (Lipinski definition) is 2. The van der Waals surface area contributed by atoms with Crippen molar-refractivity contribution in [3.8, 4) is 0 Å². The maximum absolute atomic E-state index is 12.6. The summed E-state index contributed by atoms with van der Waals surface area (Å²) in [6.07, 6.45) is 2.94. The fourth-order valence-corrected chi connectivity index (χ4v) is 3.53. The van der Waals surface area contributed by atoms with Gasteiger partial charge in [0.05, 0.1) is 5.56 Å². The third-order valence-electron chi connectivity index (χ3n) is 4.37. The smallest absolute Gasteiger partial charge is 0.341 e. The number of hydrogen-bond acceptors (Lipinski definition) is 4. The Kier molecular flexibility index (Phi) is 5.08. The largest absolute Gasteiger partial charge is 0.444 e. The summed E-state index contributed by atoms with van der Waals surface area (Å²) in [7, 11) is 0. The van der Waals surface area contributed by atoms with E-state index < -0.39 is 18.0 Å². The number of carbonyl (C=O) groups is 2. The number of primary amides is 1. The Labute approximate surface area is 154 Å². The molecule has 1 aliphatic rings. The Morgan fingerprint density at radius 2 is 1.76 bits per heavy atom. The number of halogens is 1. The molecule has 0 aromatic heterocycles. The SMILES string of the molecule is NC(=O)C(OC(=O)c1cc2c(cc1N)CCCC2)c1cccc(Br)c1. The predicted molar refractivity (Wildman–Crippen MR) is 99.0 cm³/mol. The normalized spacial score (nSPS) is 14.4. The number of benzene rings is 2. The number of aryl methyl sites for hydroxylation is 2. The quantitative estimate of drug-likeness (QED) is 0.605. The highest BCUT2D eigenvalue weighted by Crippen LogP contribution is 2.28. The second-order valence-electron chi connectivity index (χ2n) is 6.16. The first kappa shape index (κ1) is 17.5. The minimum Gasteiger partial charge on any atom is -0.444 e. The zero-order valence-electron chi connectivity index (χ0n) is 13.6. The summed E-state index contributed by atoms with van der Waals surface area (Å²) in [5, 5.41) is 0. The van der Waals surface area contributed by atoms with Crippen molar-refractivity contribution in [3.63, 3.8) is 0 Å². The lowest BCUT2D eigenvalue weighted by molar-refractivity contribution is -0.127. The topological polar surface area (TPSA) is 95.4 Å². The third-order valence-corrected chi connectivity index (χ3v) is 4.86. The molecule has 3 rings (SSSR count). The second kappa shape index (κ2) is 7.27. The summed E-state index contributed by atoms with van der Waals surface area (Å²) >= 11 is 3.33. The maximum atomic E-state index is 12.6. The molecular formula is C19H19BrN2O3. The monoisotopic (exact) mass is 402 g/mol. The van der Waals surface area contributed by atoms with E-state index in [1.165, 1.54) is 5.56 Å². The Balaban J connectivity index is 1.88. The molecule has 0 saturated heterocycles. The van der Waals surface area contributed by atoms with Gasteiger partial charge in [-0.05, 0) is 61.1 Å². The molecule has 130 valence electrons. The van der Waals surface area contributed by atoms with E-state index in [0.717, 1.165) is 35.7 Å². The first-order valence-corrected chi connectivity index (χ1v) is 8.92. The van der Waals surface area contributed by atoms with Gasteiger partial charge < -0.3 is 16.2 Å². The highest BCUT2D eigenvalue weighted by molar-refractivity contribution is 9.10. The maximum Gasteiger partial charge on any atom is 0.341 e. The molecule has 4 N–H and O–H groups in total. The number of carbonyl (C=O) groups excluding carboxylic acids is 2. The molecule has 1 amide bonds. The molecule has 1 unspecified atom stereocenters. The molecule has 0 radical (unpaired) electrons. The molecule has 25 heavy (non-hydrogen) atoms. The first-order valence-electron chi connectivity index (χ1n) is 8.12. The third kappa shape index (κ3) is 3.85. The lowest BCUT2D eigenvalue weighted by atomic mass is 9.89. The van der Waals surface area contributed by atoms with Crippen LogP contribution in [0.1, 0.15) is 46.0 Å². The highest BCUT2D eigenvalue weighted by Gasteiger charge is 2.25. The van der Waals surface area contributed by atoms with E-state index >= 15 is 0 Å². The number of amides is 1. The van der Waals surface area contributed by atoms with Crippen LogP contribution in [-0.4, -0.2) is 11.9 Å². The number of nitrogen functional groups attached to an aromatic ring is 1. The van der Waals surface area contributed by atoms with Crippen molar-refractivity contribution in [3.05, 3.63) is 63.1 Å². The molecule has 0 fully saturated rings. The lowest BCUT2D eigenvalue weighted by Crippen LogP contribution is -2.26. The minimum atomic E-state index is -1.17. The van der Waals surface area contributed by atoms with E-state index in [-0.39, 0.29) is 5.56 Å². The van der Waals surface area contributed by atoms with Crippen LogP contribution in [0.2, 0.25) is 0 Å². The van der Waals surface area contributed by atoms with Crippen LogP contribution in [0.4, 0.5) is 5.69 Å². The van der Waals surface area contributed by atoms with Crippen LogP contribution in [-0.2, 0) is 22.4 Å². The van der Waals surface area contributed by atoms with Gasteiger partial charge in [0.25, 0.3) is 5.91 Å². The summed E-state index contributed by atoms with van der Waals surface area (Å²) < 4.78 is 6.16. The van der Waals surface area contributed by atoms with Gasteiger partial charge in [0.2, 0.25) is 6.10 Å². The highest BCUT2D eigenvalue weighted by atomic mass is 79.9. The molecule has 0 spiro atoms. The Hall–Kier alpha value is -2.34. The fraction of sp³-hybridized carbons (Fsp3) is 0.263. The summed E-state index contributed by atoms with van der Waals surface area (Å²) in [6.45, 7) is 0. The molecule has 0 aliphatic heterocycles. The van der Waals surface area contributed by atoms with E-state index in [1.807, 2.05) is 12.1 Å². The van der Waals surface area contributed by atoms with E-state index in [1.54, 1.807) is 24.3 Å². The molecule has 0 heterocycles. The van der Waals surface area contributed by atoms with Crippen LogP contribution >= 0.6 is 15.9 Å². The van der Waals surface area contributed by atoms with Crippen molar-refractivity contribution in [2.75, 3.05) is 5.73 Å². The number of fused-ring (bicyclic) bond motifs is 1. The summed E-state index contributed by atoms with van der Waals surface area (Å²) in [4.78, 5) is 24.4. The van der Waals surface area contributed by atoms with Gasteiger partial charge in [-0.2, -0.15) is 0 Å². The van der Waals surface area contributed by atoms with Gasteiger partial charge in [0, 0.05) is 15.7 Å². The van der Waals surface area contributed by atoms with Crippen molar-refractivity contribution >= 4 is 33.5 Å². The van der Waals surface area contributed by atoms with E-state index in [2.05, 4.69) is 15.9 Å². The van der Waals surface area contributed by atoms with Crippen LogP contribution < -0.4 is 11.5 Å². The fourth-order valence-electron chi connectivity index (χ4n) is 3.11. The predicted octanol–water partition coefficient (Wildman–Crippen LogP) is 3.29. The second-order valence-corrected chi connectivity index (χ2v) is 7.07. The zero-order valence-corrected chi connectivity index (χ0v) is 15.2. The average Bonchev–Trinajstić information content (AvgIpc) is 2.58. The number of esters is 1. The Morgan fingerprint density at radius 1 is 1.08 bits per heavy atom. The van der Waals surface area contributed by atoms with E-state index in [4.69, 9.17) is 16.2 Å². The van der Waals surface area contributed by atoms with Crippen molar-refractivity contribution in [2.45, 2.75) is 31.8 Å². The molecule has 2 aromatic carbocycles. The molecule has 2 aromatic rings. The number of anilines is 1. The van der Waals surface area contributed by atoms with Gasteiger partial charge in [-0.3, -0.25) is 4.79 Å². The van der Waals surface area contributed by atoms with Crippen molar-refractivity contribution in [2.24, 2.45) is 5.73 Å². The van der Waals surface area contributed by atoms with E-state index in [0.29, 0.717) is 11.3 Å². The Morgan fingerprint density at radius 3 is 2.40 bits per heavy atom. The number of ether oxygens (including phenoxy) is 1. The zero-order chi connectivity index (χ0) is 18.0. The van der Waals surface area contributed by atoms with Crippen molar-refractivity contribution in [1.82, 2.24) is 0 Å². The first-order chi connectivity index (χ1) is 12.0. The van der Waals surface area contributed by atoms with Crippen LogP contribution in [0.25, 0.3) is 0 Å². The lowest BCUT2D eigenvalue weighted by Gasteiger charge is -2.19. The summed E-state index contributed by atoms with van der Waals surface area (Å²) in [5.74, 6) is -1.38. The number of rotatable bonds is 4. The van der Waals surface area contributed by atoms with Crippen LogP contribution in [0, 0.1) is 0 Å². The van der Waals surface area contributed by atoms with Crippen LogP contribution in [0.15, 0.2) is 40.9 Å². The van der Waals surface area contributed by atoms with Crippen LogP contribution in [0.3, 0.4) is 0 Å². The standard InChI is InChI=1S/C19H19BrN2O3/c20-14-7-3-6-13(8-14)17(18(22)23)25-19(24)15-9-11-4-1-2-5-12(11)10-16(15)21/h3,6-10,17H,1-2,4-5,21H2,(H2,22,23). The molecule has 0 bridgehead atoms. The van der Waals surface area contributed by atoms with Gasteiger partial charge in [-0.25, -0.2) is 4.79 Å². The van der Waals surface area contributed by atoms with E-state index in [9.17, 15) is 9.59 Å². The molecule has 1 atom stereocenters. The summed E-state index contributed by atoms with van der Waals surface area (Å²) in [5.41, 5.74) is 14.9. The number of nitrogens with two attached hydrogens (primary N) is 2. The Bertz CT molecular complexity index is 835. The molecular weight excluding hydrogens is 384 g/mol. The van der Waals surface area contributed by atoms with Crippen LogP contribution in [0.5, 0.6) is 0 Å². The molecule has 0 saturated carbocycles. The van der Waals surface area contributed by atoms with Gasteiger partial charge in [0.1, 0.15) is 0 Å². The molecule has 5 nitrogen and oxygen atoms in total. The average molecular weight is 403 g/mol.